The molecule has 1 aliphatic rings. The van der Waals surface area contributed by atoms with Crippen molar-refractivity contribution in [2.45, 2.75) is 19.3 Å². The molecular formula is C22H25FN2O3. The van der Waals surface area contributed by atoms with E-state index in [2.05, 4.69) is 17.4 Å². The van der Waals surface area contributed by atoms with Crippen LogP contribution in [0.1, 0.15) is 28.8 Å². The van der Waals surface area contributed by atoms with Crippen LogP contribution in [0.3, 0.4) is 0 Å². The Morgan fingerprint density at radius 2 is 1.79 bits per heavy atom. The van der Waals surface area contributed by atoms with E-state index in [1.807, 2.05) is 12.1 Å². The van der Waals surface area contributed by atoms with Gasteiger partial charge in [0.15, 0.2) is 0 Å². The zero-order chi connectivity index (χ0) is 19.9. The van der Waals surface area contributed by atoms with Crippen molar-refractivity contribution in [2.75, 3.05) is 26.7 Å². The normalized spacial score (nSPS) is 14.6. The van der Waals surface area contributed by atoms with Gasteiger partial charge in [0.2, 0.25) is 5.91 Å². The summed E-state index contributed by atoms with van der Waals surface area (Å²) in [5.41, 5.74) is 1.22. The van der Waals surface area contributed by atoms with Gasteiger partial charge in [-0.3, -0.25) is 9.59 Å². The standard InChI is InChI=1S/C22H25FN2O3/c1-28-18-8-6-16(7-9-18)14-17-10-12-25(13-11-17)21(26)15-24-22(27)19-4-2-3-5-20(19)23/h2-9,17H,10-15H2,1H3,(H,24,27). The Balaban J connectivity index is 1.43. The van der Waals surface area contributed by atoms with E-state index in [0.717, 1.165) is 25.0 Å². The number of hydrogen-bond acceptors (Lipinski definition) is 3. The number of carbonyl (C=O) groups is 2. The van der Waals surface area contributed by atoms with Crippen LogP contribution < -0.4 is 10.1 Å². The Kier molecular flexibility index (Phi) is 6.63. The van der Waals surface area contributed by atoms with E-state index < -0.39 is 11.7 Å². The molecule has 0 spiro atoms. The summed E-state index contributed by atoms with van der Waals surface area (Å²) in [5, 5.41) is 2.52. The number of amides is 2. The van der Waals surface area contributed by atoms with Crippen molar-refractivity contribution >= 4 is 11.8 Å². The molecule has 0 aromatic heterocycles. The van der Waals surface area contributed by atoms with Crippen LogP contribution in [0, 0.1) is 11.7 Å². The van der Waals surface area contributed by atoms with Gasteiger partial charge in [-0.25, -0.2) is 4.39 Å². The minimum atomic E-state index is -0.591. The number of rotatable bonds is 6. The van der Waals surface area contributed by atoms with Crippen LogP contribution >= 0.6 is 0 Å². The van der Waals surface area contributed by atoms with Crippen LogP contribution in [-0.4, -0.2) is 43.5 Å². The molecule has 1 N–H and O–H groups in total. The van der Waals surface area contributed by atoms with E-state index in [-0.39, 0.29) is 18.0 Å². The first kappa shape index (κ1) is 19.9. The van der Waals surface area contributed by atoms with Gasteiger partial charge in [0.05, 0.1) is 19.2 Å². The quantitative estimate of drug-likeness (QED) is 0.833. The number of piperidine rings is 1. The highest BCUT2D eigenvalue weighted by Gasteiger charge is 2.23. The second-order valence-electron chi connectivity index (χ2n) is 7.04. The Bertz CT molecular complexity index is 815. The Labute approximate surface area is 164 Å². The minimum absolute atomic E-state index is 0.0477. The van der Waals surface area contributed by atoms with Crippen LogP contribution in [0.2, 0.25) is 0 Å². The van der Waals surface area contributed by atoms with Gasteiger partial charge in [0.25, 0.3) is 5.91 Å². The summed E-state index contributed by atoms with van der Waals surface area (Å²) in [6.45, 7) is 1.24. The fourth-order valence-corrected chi connectivity index (χ4v) is 3.49. The third kappa shape index (κ3) is 5.09. The maximum absolute atomic E-state index is 13.6. The predicted molar refractivity (Wildman–Crippen MR) is 105 cm³/mol. The first-order valence-corrected chi connectivity index (χ1v) is 9.50. The smallest absolute Gasteiger partial charge is 0.254 e. The lowest BCUT2D eigenvalue weighted by molar-refractivity contribution is -0.131. The van der Waals surface area contributed by atoms with Crippen LogP contribution in [0.4, 0.5) is 4.39 Å². The fourth-order valence-electron chi connectivity index (χ4n) is 3.49. The van der Waals surface area contributed by atoms with E-state index in [9.17, 15) is 14.0 Å². The number of likely N-dealkylation sites (tertiary alicyclic amines) is 1. The van der Waals surface area contributed by atoms with Crippen molar-refractivity contribution in [3.8, 4) is 5.75 Å². The maximum Gasteiger partial charge on any atom is 0.254 e. The van der Waals surface area contributed by atoms with E-state index in [0.29, 0.717) is 19.0 Å². The third-order valence-corrected chi connectivity index (χ3v) is 5.17. The fraction of sp³-hybridized carbons (Fsp3) is 0.364. The van der Waals surface area contributed by atoms with E-state index in [1.54, 1.807) is 18.1 Å². The summed E-state index contributed by atoms with van der Waals surface area (Å²) >= 11 is 0. The molecule has 2 aromatic carbocycles. The zero-order valence-electron chi connectivity index (χ0n) is 16.0. The highest BCUT2D eigenvalue weighted by atomic mass is 19.1. The van der Waals surface area contributed by atoms with Gasteiger partial charge in [0, 0.05) is 13.1 Å². The number of methoxy groups -OCH3 is 1. The number of benzene rings is 2. The molecule has 0 saturated carbocycles. The third-order valence-electron chi connectivity index (χ3n) is 5.17. The van der Waals surface area contributed by atoms with E-state index in [1.165, 1.54) is 23.8 Å². The second-order valence-corrected chi connectivity index (χ2v) is 7.04. The molecule has 0 aliphatic carbocycles. The Hall–Kier alpha value is -2.89. The molecule has 148 valence electrons. The first-order valence-electron chi connectivity index (χ1n) is 9.50. The number of nitrogens with zero attached hydrogens (tertiary/aromatic N) is 1. The van der Waals surface area contributed by atoms with Crippen molar-refractivity contribution in [2.24, 2.45) is 5.92 Å². The first-order chi connectivity index (χ1) is 13.6. The molecule has 1 saturated heterocycles. The molecule has 1 aliphatic heterocycles. The molecule has 0 atom stereocenters. The second kappa shape index (κ2) is 9.35. The van der Waals surface area contributed by atoms with Crippen LogP contribution in [-0.2, 0) is 11.2 Å². The molecule has 1 heterocycles. The van der Waals surface area contributed by atoms with Crippen LogP contribution in [0.25, 0.3) is 0 Å². The molecule has 3 rings (SSSR count). The van der Waals surface area contributed by atoms with Crippen molar-refractivity contribution < 1.29 is 18.7 Å². The van der Waals surface area contributed by atoms with Crippen LogP contribution in [0.5, 0.6) is 5.75 Å². The molecule has 0 bridgehead atoms. The molecule has 1 fully saturated rings. The lowest BCUT2D eigenvalue weighted by Gasteiger charge is -2.32. The number of ether oxygens (including phenoxy) is 1. The van der Waals surface area contributed by atoms with Crippen molar-refractivity contribution in [3.05, 3.63) is 65.5 Å². The van der Waals surface area contributed by atoms with Crippen molar-refractivity contribution in [3.63, 3.8) is 0 Å². The topological polar surface area (TPSA) is 58.6 Å². The summed E-state index contributed by atoms with van der Waals surface area (Å²) in [4.78, 5) is 26.2. The highest BCUT2D eigenvalue weighted by Crippen LogP contribution is 2.23. The average Bonchev–Trinajstić information content (AvgIpc) is 2.73. The molecule has 0 unspecified atom stereocenters. The zero-order valence-corrected chi connectivity index (χ0v) is 16.0. The minimum Gasteiger partial charge on any atom is -0.497 e. The van der Waals surface area contributed by atoms with E-state index >= 15 is 0 Å². The van der Waals surface area contributed by atoms with Crippen molar-refractivity contribution in [1.29, 1.82) is 0 Å². The largest absolute Gasteiger partial charge is 0.497 e. The van der Waals surface area contributed by atoms with Gasteiger partial charge in [-0.15, -0.1) is 0 Å². The number of carbonyl (C=O) groups excluding carboxylic acids is 2. The van der Waals surface area contributed by atoms with Gasteiger partial charge in [-0.2, -0.15) is 0 Å². The maximum atomic E-state index is 13.6. The van der Waals surface area contributed by atoms with Gasteiger partial charge in [-0.05, 0) is 55.0 Å². The van der Waals surface area contributed by atoms with Crippen molar-refractivity contribution in [1.82, 2.24) is 10.2 Å². The monoisotopic (exact) mass is 384 g/mol. The van der Waals surface area contributed by atoms with Gasteiger partial charge in [0.1, 0.15) is 11.6 Å². The van der Waals surface area contributed by atoms with Gasteiger partial charge in [-0.1, -0.05) is 24.3 Å². The summed E-state index contributed by atoms with van der Waals surface area (Å²) in [6.07, 6.45) is 2.84. The summed E-state index contributed by atoms with van der Waals surface area (Å²) in [6, 6.07) is 13.8. The summed E-state index contributed by atoms with van der Waals surface area (Å²) in [5.74, 6) is 0.0901. The van der Waals surface area contributed by atoms with Gasteiger partial charge >= 0.3 is 0 Å². The predicted octanol–water partition coefficient (Wildman–Crippen LogP) is 3.05. The number of halogens is 1. The summed E-state index contributed by atoms with van der Waals surface area (Å²) in [7, 11) is 1.65. The van der Waals surface area contributed by atoms with Crippen LogP contribution in [0.15, 0.2) is 48.5 Å². The molecule has 2 amide bonds. The SMILES string of the molecule is COc1ccc(CC2CCN(C(=O)CNC(=O)c3ccccc3F)CC2)cc1. The lowest BCUT2D eigenvalue weighted by atomic mass is 9.90. The molecule has 28 heavy (non-hydrogen) atoms. The molecule has 6 heteroatoms. The van der Waals surface area contributed by atoms with E-state index in [4.69, 9.17) is 4.74 Å². The summed E-state index contributed by atoms with van der Waals surface area (Å²) < 4.78 is 18.8. The Morgan fingerprint density at radius 1 is 1.11 bits per heavy atom. The molecule has 5 nitrogen and oxygen atoms in total. The lowest BCUT2D eigenvalue weighted by Crippen LogP contribution is -2.44. The average molecular weight is 384 g/mol. The number of hydrogen-bond donors (Lipinski definition) is 1. The van der Waals surface area contributed by atoms with Gasteiger partial charge < -0.3 is 15.0 Å². The molecule has 0 radical (unpaired) electrons. The molecular weight excluding hydrogens is 359 g/mol. The number of nitrogens with one attached hydrogen (secondary N) is 1. The highest BCUT2D eigenvalue weighted by molar-refractivity contribution is 5.96. The Morgan fingerprint density at radius 3 is 2.43 bits per heavy atom. The molecule has 2 aromatic rings.